The third-order valence-electron chi connectivity index (χ3n) is 4.90. The van der Waals surface area contributed by atoms with Gasteiger partial charge in [-0.3, -0.25) is 0 Å². The fourth-order valence-corrected chi connectivity index (χ4v) is 4.39. The molecule has 1 aliphatic rings. The molecule has 0 spiro atoms. The van der Waals surface area contributed by atoms with Crippen molar-refractivity contribution in [1.29, 1.82) is 0 Å². The molecule has 21 heavy (non-hydrogen) atoms. The Bertz CT molecular complexity index is 502. The Morgan fingerprint density at radius 2 is 2.00 bits per heavy atom. The molecule has 0 aliphatic heterocycles. The van der Waals surface area contributed by atoms with Gasteiger partial charge in [-0.25, -0.2) is 0 Å². The maximum Gasteiger partial charge on any atom is 0.141 e. The molecule has 4 heteroatoms. The van der Waals surface area contributed by atoms with Crippen LogP contribution in [0.25, 0.3) is 0 Å². The van der Waals surface area contributed by atoms with E-state index in [1.165, 1.54) is 24.8 Å². The van der Waals surface area contributed by atoms with E-state index in [2.05, 4.69) is 41.2 Å². The average Bonchev–Trinajstić information content (AvgIpc) is 2.80. The van der Waals surface area contributed by atoms with Gasteiger partial charge in [-0.15, -0.1) is 0 Å². The Morgan fingerprint density at radius 1 is 1.29 bits per heavy atom. The van der Waals surface area contributed by atoms with Crippen molar-refractivity contribution in [2.45, 2.75) is 39.2 Å². The van der Waals surface area contributed by atoms with Crippen LogP contribution in [-0.4, -0.2) is 21.3 Å². The fourth-order valence-electron chi connectivity index (χ4n) is 3.71. The Morgan fingerprint density at radius 3 is 2.48 bits per heavy atom. The number of ether oxygens (including phenoxy) is 2. The number of hydrogen-bond donors (Lipinski definition) is 1. The summed E-state index contributed by atoms with van der Waals surface area (Å²) in [5.41, 5.74) is 1.55. The molecule has 1 aromatic carbocycles. The van der Waals surface area contributed by atoms with Crippen molar-refractivity contribution >= 4 is 15.9 Å². The molecule has 0 bridgehead atoms. The number of rotatable bonds is 5. The summed E-state index contributed by atoms with van der Waals surface area (Å²) >= 11 is 3.61. The molecule has 1 saturated carbocycles. The highest BCUT2D eigenvalue weighted by Crippen LogP contribution is 2.51. The Balaban J connectivity index is 2.45. The number of methoxy groups -OCH3 is 2. The van der Waals surface area contributed by atoms with Crippen LogP contribution in [-0.2, 0) is 0 Å². The lowest BCUT2D eigenvalue weighted by atomic mass is 9.75. The highest BCUT2D eigenvalue weighted by atomic mass is 79.9. The first-order chi connectivity index (χ1) is 9.96. The molecule has 2 unspecified atom stereocenters. The zero-order valence-electron chi connectivity index (χ0n) is 13.6. The number of benzene rings is 1. The van der Waals surface area contributed by atoms with E-state index >= 15 is 0 Å². The molecule has 1 aliphatic carbocycles. The lowest BCUT2D eigenvalue weighted by molar-refractivity contribution is 0.200. The smallest absolute Gasteiger partial charge is 0.141 e. The summed E-state index contributed by atoms with van der Waals surface area (Å²) in [5, 5.41) is 3.51. The quantitative estimate of drug-likeness (QED) is 0.839. The van der Waals surface area contributed by atoms with Gasteiger partial charge in [0.1, 0.15) is 16.0 Å². The highest BCUT2D eigenvalue weighted by Gasteiger charge is 2.40. The van der Waals surface area contributed by atoms with Crippen molar-refractivity contribution in [3.05, 3.63) is 22.2 Å². The summed E-state index contributed by atoms with van der Waals surface area (Å²) in [5.74, 6) is 2.28. The second kappa shape index (κ2) is 6.57. The zero-order chi connectivity index (χ0) is 15.6. The second-order valence-electron chi connectivity index (χ2n) is 6.46. The Labute approximate surface area is 136 Å². The van der Waals surface area contributed by atoms with Gasteiger partial charge in [-0.2, -0.15) is 0 Å². The molecule has 3 nitrogen and oxygen atoms in total. The first-order valence-corrected chi connectivity index (χ1v) is 8.33. The topological polar surface area (TPSA) is 30.5 Å². The van der Waals surface area contributed by atoms with E-state index in [0.29, 0.717) is 17.4 Å². The van der Waals surface area contributed by atoms with Gasteiger partial charge < -0.3 is 14.8 Å². The molecule has 1 N–H and O–H groups in total. The van der Waals surface area contributed by atoms with Crippen LogP contribution in [0, 0.1) is 11.3 Å². The van der Waals surface area contributed by atoms with Crippen LogP contribution in [0.3, 0.4) is 0 Å². The van der Waals surface area contributed by atoms with Crippen LogP contribution in [0.5, 0.6) is 11.5 Å². The van der Waals surface area contributed by atoms with Crippen molar-refractivity contribution in [3.8, 4) is 11.5 Å². The van der Waals surface area contributed by atoms with Gasteiger partial charge in [-0.1, -0.05) is 20.3 Å². The second-order valence-corrected chi connectivity index (χ2v) is 7.25. The van der Waals surface area contributed by atoms with E-state index in [-0.39, 0.29) is 0 Å². The van der Waals surface area contributed by atoms with Gasteiger partial charge in [0, 0.05) is 11.6 Å². The number of nitrogens with one attached hydrogen (secondary N) is 1. The third-order valence-corrected chi connectivity index (χ3v) is 5.66. The fraction of sp³-hybridized carbons (Fsp3) is 0.647. The highest BCUT2D eigenvalue weighted by molar-refractivity contribution is 9.10. The number of hydrogen-bond acceptors (Lipinski definition) is 3. The largest absolute Gasteiger partial charge is 0.495 e. The molecule has 0 heterocycles. The predicted octanol–water partition coefficient (Wildman–Crippen LogP) is 4.55. The molecule has 0 radical (unpaired) electrons. The lowest BCUT2D eigenvalue weighted by Crippen LogP contribution is -2.32. The van der Waals surface area contributed by atoms with Gasteiger partial charge in [0.25, 0.3) is 0 Å². The third kappa shape index (κ3) is 3.07. The molecular formula is C17H26BrNO2. The molecule has 2 atom stereocenters. The van der Waals surface area contributed by atoms with E-state index in [0.717, 1.165) is 16.0 Å². The van der Waals surface area contributed by atoms with Crippen LogP contribution in [0.1, 0.15) is 44.7 Å². The summed E-state index contributed by atoms with van der Waals surface area (Å²) < 4.78 is 11.9. The average molecular weight is 356 g/mol. The summed E-state index contributed by atoms with van der Waals surface area (Å²) in [6, 6.07) is 4.42. The van der Waals surface area contributed by atoms with Crippen LogP contribution < -0.4 is 14.8 Å². The van der Waals surface area contributed by atoms with Gasteiger partial charge in [-0.05, 0) is 59.3 Å². The van der Waals surface area contributed by atoms with E-state index in [1.807, 2.05) is 13.1 Å². The maximum absolute atomic E-state index is 5.66. The minimum Gasteiger partial charge on any atom is -0.495 e. The first-order valence-electron chi connectivity index (χ1n) is 7.54. The van der Waals surface area contributed by atoms with Crippen molar-refractivity contribution < 1.29 is 9.47 Å². The number of halogens is 1. The minimum atomic E-state index is 0.291. The molecule has 1 fully saturated rings. The van der Waals surface area contributed by atoms with Crippen molar-refractivity contribution in [1.82, 2.24) is 5.32 Å². The summed E-state index contributed by atoms with van der Waals surface area (Å²) in [4.78, 5) is 0. The standard InChI is InChI=1S/C17H26BrNO2/c1-17(2)10-6-7-12(17)15(19-3)11-8-9-13(20-4)14(18)16(11)21-5/h8-9,12,15,19H,6-7,10H2,1-5H3. The maximum atomic E-state index is 5.66. The van der Waals surface area contributed by atoms with E-state index in [9.17, 15) is 0 Å². The normalized spacial score (nSPS) is 22.1. The lowest BCUT2D eigenvalue weighted by Gasteiger charge is -2.35. The molecule has 0 amide bonds. The van der Waals surface area contributed by atoms with Gasteiger partial charge in [0.2, 0.25) is 0 Å². The molecule has 0 aromatic heterocycles. The molecular weight excluding hydrogens is 330 g/mol. The summed E-state index contributed by atoms with van der Waals surface area (Å²) in [6.45, 7) is 4.75. The Kier molecular flexibility index (Phi) is 5.20. The monoisotopic (exact) mass is 355 g/mol. The molecule has 118 valence electrons. The summed E-state index contributed by atoms with van der Waals surface area (Å²) in [7, 11) is 5.43. The zero-order valence-corrected chi connectivity index (χ0v) is 15.2. The van der Waals surface area contributed by atoms with E-state index < -0.39 is 0 Å². The van der Waals surface area contributed by atoms with Crippen LogP contribution in [0.2, 0.25) is 0 Å². The molecule has 1 aromatic rings. The van der Waals surface area contributed by atoms with E-state index in [4.69, 9.17) is 9.47 Å². The van der Waals surface area contributed by atoms with Crippen LogP contribution >= 0.6 is 15.9 Å². The molecule has 0 saturated heterocycles. The SMILES string of the molecule is CNC(c1ccc(OC)c(Br)c1OC)C1CCCC1(C)C. The van der Waals surface area contributed by atoms with Crippen molar-refractivity contribution in [2.24, 2.45) is 11.3 Å². The first kappa shape index (κ1) is 16.6. The summed E-state index contributed by atoms with van der Waals surface area (Å²) in [6.07, 6.45) is 3.84. The predicted molar refractivity (Wildman–Crippen MR) is 90.2 cm³/mol. The van der Waals surface area contributed by atoms with Crippen molar-refractivity contribution in [3.63, 3.8) is 0 Å². The van der Waals surface area contributed by atoms with Gasteiger partial charge >= 0.3 is 0 Å². The van der Waals surface area contributed by atoms with E-state index in [1.54, 1.807) is 14.2 Å². The molecule has 2 rings (SSSR count). The van der Waals surface area contributed by atoms with Crippen molar-refractivity contribution in [2.75, 3.05) is 21.3 Å². The Hall–Kier alpha value is -0.740. The van der Waals surface area contributed by atoms with Gasteiger partial charge in [0.05, 0.1) is 14.2 Å². The minimum absolute atomic E-state index is 0.291. The van der Waals surface area contributed by atoms with Gasteiger partial charge in [0.15, 0.2) is 0 Å². The van der Waals surface area contributed by atoms with Crippen LogP contribution in [0.4, 0.5) is 0 Å². The van der Waals surface area contributed by atoms with Crippen LogP contribution in [0.15, 0.2) is 16.6 Å².